The van der Waals surface area contributed by atoms with E-state index in [2.05, 4.69) is 5.32 Å². The number of piperidine rings is 1. The fourth-order valence-corrected chi connectivity index (χ4v) is 2.02. The SMILES string of the molecule is COc1ccc(C2NCCCC2(F)F)cc1. The van der Waals surface area contributed by atoms with Gasteiger partial charge < -0.3 is 10.1 Å². The van der Waals surface area contributed by atoms with Crippen LogP contribution in [0, 0.1) is 0 Å². The predicted molar refractivity (Wildman–Crippen MR) is 57.9 cm³/mol. The fourth-order valence-electron chi connectivity index (χ4n) is 2.02. The first kappa shape index (κ1) is 11.3. The lowest BCUT2D eigenvalue weighted by molar-refractivity contribution is -0.0620. The van der Waals surface area contributed by atoms with Crippen molar-refractivity contribution >= 4 is 0 Å². The minimum absolute atomic E-state index is 0.0449. The number of ether oxygens (including phenoxy) is 1. The van der Waals surface area contributed by atoms with Crippen LogP contribution < -0.4 is 10.1 Å². The van der Waals surface area contributed by atoms with Gasteiger partial charge in [-0.1, -0.05) is 12.1 Å². The molecule has 16 heavy (non-hydrogen) atoms. The van der Waals surface area contributed by atoms with Gasteiger partial charge in [0.05, 0.1) is 13.2 Å². The summed E-state index contributed by atoms with van der Waals surface area (Å²) in [5.74, 6) is -1.98. The van der Waals surface area contributed by atoms with Crippen LogP contribution in [0.5, 0.6) is 5.75 Å². The molecule has 0 bridgehead atoms. The Morgan fingerprint density at radius 3 is 2.56 bits per heavy atom. The molecule has 1 heterocycles. The van der Waals surface area contributed by atoms with Crippen molar-refractivity contribution in [1.82, 2.24) is 5.32 Å². The highest BCUT2D eigenvalue weighted by Crippen LogP contribution is 2.38. The Kier molecular flexibility index (Phi) is 3.10. The third-order valence-electron chi connectivity index (χ3n) is 2.91. The molecule has 1 unspecified atom stereocenters. The average Bonchev–Trinajstić information content (AvgIpc) is 2.29. The number of rotatable bonds is 2. The number of hydrogen-bond donors (Lipinski definition) is 1. The van der Waals surface area contributed by atoms with Crippen LogP contribution in [-0.4, -0.2) is 19.6 Å². The number of hydrogen-bond acceptors (Lipinski definition) is 2. The summed E-state index contributed by atoms with van der Waals surface area (Å²) in [7, 11) is 1.56. The van der Waals surface area contributed by atoms with Gasteiger partial charge in [0.15, 0.2) is 0 Å². The van der Waals surface area contributed by atoms with Crippen molar-refractivity contribution in [2.45, 2.75) is 24.8 Å². The van der Waals surface area contributed by atoms with E-state index in [1.165, 1.54) is 0 Å². The highest BCUT2D eigenvalue weighted by atomic mass is 19.3. The zero-order valence-corrected chi connectivity index (χ0v) is 9.17. The molecule has 4 heteroatoms. The summed E-state index contributed by atoms with van der Waals surface area (Å²) in [4.78, 5) is 0. The Bertz CT molecular complexity index is 351. The zero-order chi connectivity index (χ0) is 11.6. The summed E-state index contributed by atoms with van der Waals surface area (Å²) in [5, 5.41) is 2.87. The molecule has 1 N–H and O–H groups in total. The lowest BCUT2D eigenvalue weighted by Crippen LogP contribution is -2.42. The Morgan fingerprint density at radius 1 is 1.31 bits per heavy atom. The van der Waals surface area contributed by atoms with Crippen LogP contribution in [0.3, 0.4) is 0 Å². The van der Waals surface area contributed by atoms with Crippen LogP contribution in [0.15, 0.2) is 24.3 Å². The van der Waals surface area contributed by atoms with Gasteiger partial charge in [0.1, 0.15) is 5.75 Å². The lowest BCUT2D eigenvalue weighted by atomic mass is 9.93. The van der Waals surface area contributed by atoms with Crippen molar-refractivity contribution in [2.24, 2.45) is 0 Å². The molecule has 0 spiro atoms. The molecule has 88 valence electrons. The maximum absolute atomic E-state index is 13.6. The molecule has 0 saturated carbocycles. The molecule has 1 aromatic carbocycles. The molecule has 0 radical (unpaired) electrons. The maximum Gasteiger partial charge on any atom is 0.267 e. The van der Waals surface area contributed by atoms with E-state index in [-0.39, 0.29) is 6.42 Å². The standard InChI is InChI=1S/C12H15F2NO/c1-16-10-5-3-9(4-6-10)11-12(13,14)7-2-8-15-11/h3-6,11,15H,2,7-8H2,1H3. The van der Waals surface area contributed by atoms with Crippen molar-refractivity contribution in [3.63, 3.8) is 0 Å². The second kappa shape index (κ2) is 4.37. The average molecular weight is 227 g/mol. The van der Waals surface area contributed by atoms with Gasteiger partial charge in [-0.05, 0) is 30.7 Å². The van der Waals surface area contributed by atoms with E-state index in [0.717, 1.165) is 0 Å². The first-order valence-electron chi connectivity index (χ1n) is 5.38. The predicted octanol–water partition coefficient (Wildman–Crippen LogP) is 2.76. The van der Waals surface area contributed by atoms with Gasteiger partial charge in [0, 0.05) is 6.42 Å². The number of methoxy groups -OCH3 is 1. The third kappa shape index (κ3) is 2.16. The van der Waals surface area contributed by atoms with Gasteiger partial charge in [-0.2, -0.15) is 0 Å². The zero-order valence-electron chi connectivity index (χ0n) is 9.17. The Labute approximate surface area is 93.6 Å². The summed E-state index contributed by atoms with van der Waals surface area (Å²) in [5.41, 5.74) is 0.616. The minimum atomic E-state index is -2.66. The van der Waals surface area contributed by atoms with E-state index in [4.69, 9.17) is 4.74 Å². The molecule has 2 rings (SSSR count). The van der Waals surface area contributed by atoms with Crippen LogP contribution in [0.1, 0.15) is 24.4 Å². The minimum Gasteiger partial charge on any atom is -0.497 e. The lowest BCUT2D eigenvalue weighted by Gasteiger charge is -2.32. The van der Waals surface area contributed by atoms with Crippen molar-refractivity contribution < 1.29 is 13.5 Å². The van der Waals surface area contributed by atoms with Gasteiger partial charge in [0.2, 0.25) is 0 Å². The van der Waals surface area contributed by atoms with Crippen LogP contribution in [0.4, 0.5) is 8.78 Å². The molecule has 1 aromatic rings. The summed E-state index contributed by atoms with van der Waals surface area (Å²) >= 11 is 0. The number of alkyl halides is 2. The summed E-state index contributed by atoms with van der Waals surface area (Å²) < 4.78 is 32.3. The van der Waals surface area contributed by atoms with Crippen molar-refractivity contribution in [3.8, 4) is 5.75 Å². The van der Waals surface area contributed by atoms with Crippen molar-refractivity contribution in [3.05, 3.63) is 29.8 Å². The van der Waals surface area contributed by atoms with E-state index in [0.29, 0.717) is 24.3 Å². The molecule has 2 nitrogen and oxygen atoms in total. The number of halogens is 2. The second-order valence-electron chi connectivity index (χ2n) is 4.02. The van der Waals surface area contributed by atoms with Crippen LogP contribution in [0.2, 0.25) is 0 Å². The van der Waals surface area contributed by atoms with Gasteiger partial charge in [0.25, 0.3) is 5.92 Å². The monoisotopic (exact) mass is 227 g/mol. The molecule has 1 aliphatic rings. The molecule has 1 aliphatic heterocycles. The topological polar surface area (TPSA) is 21.3 Å². The Hall–Kier alpha value is -1.16. The van der Waals surface area contributed by atoms with Gasteiger partial charge in [-0.25, -0.2) is 8.78 Å². The van der Waals surface area contributed by atoms with Gasteiger partial charge >= 0.3 is 0 Å². The molecular weight excluding hydrogens is 212 g/mol. The highest BCUT2D eigenvalue weighted by Gasteiger charge is 2.42. The molecule has 0 aromatic heterocycles. The van der Waals surface area contributed by atoms with Crippen LogP contribution in [0.25, 0.3) is 0 Å². The van der Waals surface area contributed by atoms with E-state index in [1.54, 1.807) is 31.4 Å². The first-order chi connectivity index (χ1) is 7.63. The third-order valence-corrected chi connectivity index (χ3v) is 2.91. The highest BCUT2D eigenvalue weighted by molar-refractivity contribution is 5.30. The Morgan fingerprint density at radius 2 is 2.00 bits per heavy atom. The van der Waals surface area contributed by atoms with E-state index in [1.807, 2.05) is 0 Å². The molecule has 1 atom stereocenters. The van der Waals surface area contributed by atoms with Crippen LogP contribution in [-0.2, 0) is 0 Å². The van der Waals surface area contributed by atoms with Crippen molar-refractivity contribution in [1.29, 1.82) is 0 Å². The van der Waals surface area contributed by atoms with Crippen molar-refractivity contribution in [2.75, 3.05) is 13.7 Å². The van der Waals surface area contributed by atoms with E-state index < -0.39 is 12.0 Å². The molecule has 0 amide bonds. The molecule has 0 aliphatic carbocycles. The first-order valence-corrected chi connectivity index (χ1v) is 5.38. The van der Waals surface area contributed by atoms with Gasteiger partial charge in [-0.15, -0.1) is 0 Å². The normalized spacial score (nSPS) is 24.1. The number of benzene rings is 1. The number of nitrogens with one attached hydrogen (secondary N) is 1. The van der Waals surface area contributed by atoms with E-state index in [9.17, 15) is 8.78 Å². The second-order valence-corrected chi connectivity index (χ2v) is 4.02. The maximum atomic E-state index is 13.6. The summed E-state index contributed by atoms with van der Waals surface area (Å²) in [6.07, 6.45) is 0.482. The van der Waals surface area contributed by atoms with Gasteiger partial charge in [-0.3, -0.25) is 0 Å². The molecular formula is C12H15F2NO. The molecule has 1 fully saturated rings. The Balaban J connectivity index is 2.21. The summed E-state index contributed by atoms with van der Waals surface area (Å²) in [6.45, 7) is 0.645. The summed E-state index contributed by atoms with van der Waals surface area (Å²) in [6, 6.07) is 5.93. The quantitative estimate of drug-likeness (QED) is 0.838. The van der Waals surface area contributed by atoms with E-state index >= 15 is 0 Å². The largest absolute Gasteiger partial charge is 0.497 e. The van der Waals surface area contributed by atoms with Crippen LogP contribution >= 0.6 is 0 Å². The smallest absolute Gasteiger partial charge is 0.267 e. The fraction of sp³-hybridized carbons (Fsp3) is 0.500. The molecule has 1 saturated heterocycles.